The normalized spacial score (nSPS) is 17.7. The van der Waals surface area contributed by atoms with E-state index in [1.165, 1.54) is 6.42 Å². The smallest absolute Gasteiger partial charge is 0.260 e. The molecule has 1 saturated heterocycles. The second-order valence-electron chi connectivity index (χ2n) is 5.38. The number of ether oxygens (including phenoxy) is 1. The van der Waals surface area contributed by atoms with Crippen molar-refractivity contribution in [2.45, 2.75) is 32.2 Å². The molecule has 0 aliphatic carbocycles. The standard InChI is InChI=1S/C16H23ClN2O2/c1-2-10-19(11-14-4-3-9-18-14)16(20)12-21-15-7-5-13(17)6-8-15/h5-8,14,18H,2-4,9-12H2,1H3. The molecule has 5 heteroatoms. The minimum Gasteiger partial charge on any atom is -0.484 e. The fourth-order valence-corrected chi connectivity index (χ4v) is 2.66. The Balaban J connectivity index is 1.83. The molecule has 1 aliphatic heterocycles. The molecular formula is C16H23ClN2O2. The lowest BCUT2D eigenvalue weighted by Gasteiger charge is -2.25. The van der Waals surface area contributed by atoms with Gasteiger partial charge in [-0.05, 0) is 50.1 Å². The van der Waals surface area contributed by atoms with E-state index in [-0.39, 0.29) is 12.5 Å². The number of benzene rings is 1. The number of carbonyl (C=O) groups excluding carboxylic acids is 1. The molecule has 0 radical (unpaired) electrons. The maximum absolute atomic E-state index is 12.3. The zero-order valence-corrected chi connectivity index (χ0v) is 13.2. The molecule has 1 atom stereocenters. The van der Waals surface area contributed by atoms with Crippen LogP contribution in [0.2, 0.25) is 5.02 Å². The summed E-state index contributed by atoms with van der Waals surface area (Å²) in [5.41, 5.74) is 0. The maximum atomic E-state index is 12.3. The summed E-state index contributed by atoms with van der Waals surface area (Å²) in [6, 6.07) is 7.49. The van der Waals surface area contributed by atoms with E-state index in [0.29, 0.717) is 16.8 Å². The van der Waals surface area contributed by atoms with Crippen molar-refractivity contribution in [2.75, 3.05) is 26.2 Å². The van der Waals surface area contributed by atoms with Gasteiger partial charge in [0.15, 0.2) is 6.61 Å². The van der Waals surface area contributed by atoms with E-state index in [4.69, 9.17) is 16.3 Å². The van der Waals surface area contributed by atoms with Crippen molar-refractivity contribution in [1.29, 1.82) is 0 Å². The van der Waals surface area contributed by atoms with Crippen molar-refractivity contribution < 1.29 is 9.53 Å². The van der Waals surface area contributed by atoms with E-state index in [1.54, 1.807) is 24.3 Å². The van der Waals surface area contributed by atoms with Crippen molar-refractivity contribution in [1.82, 2.24) is 10.2 Å². The Morgan fingerprint density at radius 2 is 2.19 bits per heavy atom. The number of amides is 1. The Labute approximate surface area is 131 Å². The molecule has 4 nitrogen and oxygen atoms in total. The molecule has 0 aromatic heterocycles. The first-order valence-corrected chi connectivity index (χ1v) is 7.96. The van der Waals surface area contributed by atoms with Crippen LogP contribution in [-0.4, -0.2) is 43.1 Å². The number of nitrogens with one attached hydrogen (secondary N) is 1. The Hall–Kier alpha value is -1.26. The van der Waals surface area contributed by atoms with Gasteiger partial charge in [0, 0.05) is 24.2 Å². The van der Waals surface area contributed by atoms with Crippen LogP contribution in [0.3, 0.4) is 0 Å². The van der Waals surface area contributed by atoms with Gasteiger partial charge in [0.25, 0.3) is 5.91 Å². The number of rotatable bonds is 7. The summed E-state index contributed by atoms with van der Waals surface area (Å²) in [7, 11) is 0. The van der Waals surface area contributed by atoms with Crippen LogP contribution in [-0.2, 0) is 4.79 Å². The molecule has 116 valence electrons. The van der Waals surface area contributed by atoms with E-state index in [2.05, 4.69) is 12.2 Å². The highest BCUT2D eigenvalue weighted by Crippen LogP contribution is 2.15. The summed E-state index contributed by atoms with van der Waals surface area (Å²) in [6.45, 7) is 4.77. The van der Waals surface area contributed by atoms with Gasteiger partial charge in [-0.1, -0.05) is 18.5 Å². The van der Waals surface area contributed by atoms with Crippen molar-refractivity contribution in [3.8, 4) is 5.75 Å². The molecule has 1 aromatic rings. The summed E-state index contributed by atoms with van der Waals surface area (Å²) in [6.07, 6.45) is 3.30. The highest BCUT2D eigenvalue weighted by atomic mass is 35.5. The molecule has 1 aliphatic rings. The zero-order chi connectivity index (χ0) is 15.1. The lowest BCUT2D eigenvalue weighted by atomic mass is 10.2. The Morgan fingerprint density at radius 3 is 2.81 bits per heavy atom. The Bertz CT molecular complexity index is 444. The molecule has 21 heavy (non-hydrogen) atoms. The first-order chi connectivity index (χ1) is 10.2. The third-order valence-corrected chi connectivity index (χ3v) is 3.88. The molecule has 1 N–H and O–H groups in total. The van der Waals surface area contributed by atoms with E-state index >= 15 is 0 Å². The predicted molar refractivity (Wildman–Crippen MR) is 84.8 cm³/mol. The van der Waals surface area contributed by atoms with Crippen molar-refractivity contribution in [3.05, 3.63) is 29.3 Å². The molecule has 1 heterocycles. The number of hydrogen-bond acceptors (Lipinski definition) is 3. The van der Waals surface area contributed by atoms with Crippen LogP contribution in [0.4, 0.5) is 0 Å². The number of carbonyl (C=O) groups is 1. The third kappa shape index (κ3) is 5.21. The molecule has 1 fully saturated rings. The van der Waals surface area contributed by atoms with E-state index in [0.717, 1.165) is 32.5 Å². The second-order valence-corrected chi connectivity index (χ2v) is 5.81. The van der Waals surface area contributed by atoms with E-state index in [9.17, 15) is 4.79 Å². The van der Waals surface area contributed by atoms with Gasteiger partial charge in [0.1, 0.15) is 5.75 Å². The van der Waals surface area contributed by atoms with Gasteiger partial charge in [-0.25, -0.2) is 0 Å². The van der Waals surface area contributed by atoms with Gasteiger partial charge in [-0.3, -0.25) is 4.79 Å². The minimum absolute atomic E-state index is 0.0421. The Morgan fingerprint density at radius 1 is 1.43 bits per heavy atom. The summed E-state index contributed by atoms with van der Waals surface area (Å²) < 4.78 is 5.54. The lowest BCUT2D eigenvalue weighted by molar-refractivity contribution is -0.133. The van der Waals surface area contributed by atoms with Crippen LogP contribution in [0, 0.1) is 0 Å². The van der Waals surface area contributed by atoms with Crippen LogP contribution >= 0.6 is 11.6 Å². The van der Waals surface area contributed by atoms with Crippen LogP contribution < -0.4 is 10.1 Å². The average Bonchev–Trinajstić information content (AvgIpc) is 2.99. The predicted octanol–water partition coefficient (Wildman–Crippen LogP) is 2.71. The van der Waals surface area contributed by atoms with Gasteiger partial charge < -0.3 is 15.0 Å². The largest absolute Gasteiger partial charge is 0.484 e. The maximum Gasteiger partial charge on any atom is 0.260 e. The average molecular weight is 311 g/mol. The monoisotopic (exact) mass is 310 g/mol. The summed E-state index contributed by atoms with van der Waals surface area (Å²) in [4.78, 5) is 14.2. The van der Waals surface area contributed by atoms with Gasteiger partial charge >= 0.3 is 0 Å². The van der Waals surface area contributed by atoms with Crippen LogP contribution in [0.25, 0.3) is 0 Å². The van der Waals surface area contributed by atoms with Crippen LogP contribution in [0.15, 0.2) is 24.3 Å². The SMILES string of the molecule is CCCN(CC1CCCN1)C(=O)COc1ccc(Cl)cc1. The number of hydrogen-bond donors (Lipinski definition) is 1. The van der Waals surface area contributed by atoms with E-state index < -0.39 is 0 Å². The fraction of sp³-hybridized carbons (Fsp3) is 0.562. The highest BCUT2D eigenvalue weighted by Gasteiger charge is 2.21. The summed E-state index contributed by atoms with van der Waals surface area (Å²) in [5, 5.41) is 4.09. The minimum atomic E-state index is 0.0421. The summed E-state index contributed by atoms with van der Waals surface area (Å²) in [5.74, 6) is 0.712. The van der Waals surface area contributed by atoms with Gasteiger partial charge in [0.2, 0.25) is 0 Å². The molecule has 0 spiro atoms. The zero-order valence-electron chi connectivity index (χ0n) is 12.5. The van der Waals surface area contributed by atoms with E-state index in [1.807, 2.05) is 4.90 Å². The molecule has 0 saturated carbocycles. The Kier molecular flexibility index (Phi) is 6.33. The first kappa shape index (κ1) is 16.1. The lowest BCUT2D eigenvalue weighted by Crippen LogP contribution is -2.43. The van der Waals surface area contributed by atoms with Crippen molar-refractivity contribution in [2.24, 2.45) is 0 Å². The van der Waals surface area contributed by atoms with Gasteiger partial charge in [0.05, 0.1) is 0 Å². The van der Waals surface area contributed by atoms with Gasteiger partial charge in [-0.2, -0.15) is 0 Å². The third-order valence-electron chi connectivity index (χ3n) is 3.63. The number of halogens is 1. The first-order valence-electron chi connectivity index (χ1n) is 7.58. The molecular weight excluding hydrogens is 288 g/mol. The van der Waals surface area contributed by atoms with Crippen LogP contribution in [0.5, 0.6) is 5.75 Å². The molecule has 1 aromatic carbocycles. The molecule has 1 amide bonds. The number of nitrogens with zero attached hydrogens (tertiary/aromatic N) is 1. The highest BCUT2D eigenvalue weighted by molar-refractivity contribution is 6.30. The van der Waals surface area contributed by atoms with Gasteiger partial charge in [-0.15, -0.1) is 0 Å². The van der Waals surface area contributed by atoms with Crippen molar-refractivity contribution in [3.63, 3.8) is 0 Å². The molecule has 2 rings (SSSR count). The van der Waals surface area contributed by atoms with Crippen molar-refractivity contribution >= 4 is 17.5 Å². The molecule has 0 bridgehead atoms. The topological polar surface area (TPSA) is 41.6 Å². The summed E-state index contributed by atoms with van der Waals surface area (Å²) >= 11 is 5.82. The second kappa shape index (κ2) is 8.25. The quantitative estimate of drug-likeness (QED) is 0.842. The van der Waals surface area contributed by atoms with Crippen LogP contribution in [0.1, 0.15) is 26.2 Å². The fourth-order valence-electron chi connectivity index (χ4n) is 2.53. The molecule has 1 unspecified atom stereocenters.